The molecule has 1 aliphatic heterocycles. The van der Waals surface area contributed by atoms with Gasteiger partial charge >= 0.3 is 6.03 Å². The molecule has 0 atom stereocenters. The molecule has 2 aromatic rings. The van der Waals surface area contributed by atoms with E-state index in [1.807, 2.05) is 0 Å². The lowest BCUT2D eigenvalue weighted by molar-refractivity contribution is -0.384. The van der Waals surface area contributed by atoms with Crippen LogP contribution in [0.5, 0.6) is 0 Å². The van der Waals surface area contributed by atoms with Crippen molar-refractivity contribution in [1.82, 2.24) is 14.8 Å². The smallest absolute Gasteiger partial charge is 0.318 e. The molecule has 1 N–H and O–H groups in total. The van der Waals surface area contributed by atoms with E-state index in [-0.39, 0.29) is 22.8 Å². The van der Waals surface area contributed by atoms with Crippen molar-refractivity contribution in [3.05, 3.63) is 61.9 Å². The van der Waals surface area contributed by atoms with E-state index < -0.39 is 22.8 Å². The van der Waals surface area contributed by atoms with Crippen LogP contribution >= 0.6 is 11.6 Å². The topological polar surface area (TPSA) is 115 Å². The average Bonchev–Trinajstić information content (AvgIpc) is 2.92. The third-order valence-electron chi connectivity index (χ3n) is 4.66. The van der Waals surface area contributed by atoms with Gasteiger partial charge in [0.1, 0.15) is 10.6 Å². The van der Waals surface area contributed by atoms with Gasteiger partial charge in [-0.3, -0.25) is 29.9 Å². The molecular weight excluding hydrogens is 400 g/mol. The summed E-state index contributed by atoms with van der Waals surface area (Å²) in [6, 6.07) is 5.43. The summed E-state index contributed by atoms with van der Waals surface area (Å²) in [7, 11) is 0. The molecule has 1 aliphatic rings. The number of likely N-dealkylation sites (N-methyl/N-ethyl adjacent to an activating group) is 1. The van der Waals surface area contributed by atoms with Crippen molar-refractivity contribution in [2.24, 2.45) is 0 Å². The quantitative estimate of drug-likeness (QED) is 0.356. The number of hydrogen-bond acceptors (Lipinski definition) is 5. The Morgan fingerprint density at radius 2 is 1.90 bits per heavy atom. The number of benzene rings is 1. The van der Waals surface area contributed by atoms with Crippen molar-refractivity contribution in [3.63, 3.8) is 0 Å². The largest absolute Gasteiger partial charge is 0.331 e. The van der Waals surface area contributed by atoms with Crippen LogP contribution in [0.2, 0.25) is 5.02 Å². The highest BCUT2D eigenvalue weighted by Crippen LogP contribution is 2.30. The fourth-order valence-corrected chi connectivity index (χ4v) is 3.43. The first-order chi connectivity index (χ1) is 13.6. The Kier molecular flexibility index (Phi) is 5.25. The van der Waals surface area contributed by atoms with Gasteiger partial charge in [-0.05, 0) is 50.6 Å². The number of nitrogens with one attached hydrogen (secondary N) is 1. The highest BCUT2D eigenvalue weighted by Gasteiger charge is 2.34. The molecule has 0 spiro atoms. The van der Waals surface area contributed by atoms with Crippen molar-refractivity contribution >= 4 is 41.2 Å². The van der Waals surface area contributed by atoms with Gasteiger partial charge in [-0.15, -0.1) is 0 Å². The Morgan fingerprint density at radius 1 is 1.21 bits per heavy atom. The van der Waals surface area contributed by atoms with Crippen LogP contribution in [0, 0.1) is 24.0 Å². The summed E-state index contributed by atoms with van der Waals surface area (Å²) in [4.78, 5) is 48.0. The maximum absolute atomic E-state index is 12.5. The summed E-state index contributed by atoms with van der Waals surface area (Å²) in [5, 5.41) is 13.4. The van der Waals surface area contributed by atoms with Gasteiger partial charge < -0.3 is 4.57 Å². The van der Waals surface area contributed by atoms with Crippen molar-refractivity contribution in [3.8, 4) is 5.69 Å². The standard InChI is InChI=1S/C19H17ClN4O5/c1-4-22-18(26)14(17(25)21-19(22)27)8-12-7-10(2)23(11(12)3)13-5-6-15(20)16(9-13)24(28)29/h5-9H,4H2,1-3H3,(H,21,25,27)/b14-8+. The maximum Gasteiger partial charge on any atom is 0.331 e. The molecule has 1 aromatic heterocycles. The van der Waals surface area contributed by atoms with Crippen LogP contribution in [-0.4, -0.2) is 38.8 Å². The Morgan fingerprint density at radius 3 is 2.52 bits per heavy atom. The third-order valence-corrected chi connectivity index (χ3v) is 4.98. The summed E-state index contributed by atoms with van der Waals surface area (Å²) in [6.07, 6.45) is 1.41. The molecule has 0 bridgehead atoms. The molecule has 0 unspecified atom stereocenters. The summed E-state index contributed by atoms with van der Waals surface area (Å²) in [5.74, 6) is -1.44. The number of imide groups is 2. The third kappa shape index (κ3) is 3.52. The first-order valence-electron chi connectivity index (χ1n) is 8.67. The van der Waals surface area contributed by atoms with E-state index >= 15 is 0 Å². The highest BCUT2D eigenvalue weighted by molar-refractivity contribution is 6.32. The number of halogens is 1. The number of nitro benzene ring substituents is 1. The second-order valence-electron chi connectivity index (χ2n) is 6.42. The Balaban J connectivity index is 2.09. The van der Waals surface area contributed by atoms with E-state index in [4.69, 9.17) is 11.6 Å². The van der Waals surface area contributed by atoms with Crippen molar-refractivity contribution in [1.29, 1.82) is 0 Å². The average molecular weight is 417 g/mol. The van der Waals surface area contributed by atoms with Gasteiger partial charge in [0.15, 0.2) is 0 Å². The first-order valence-corrected chi connectivity index (χ1v) is 9.05. The van der Waals surface area contributed by atoms with Gasteiger partial charge in [-0.1, -0.05) is 11.6 Å². The minimum atomic E-state index is -0.767. The molecule has 1 aromatic carbocycles. The molecule has 0 aliphatic carbocycles. The van der Waals surface area contributed by atoms with Crippen molar-refractivity contribution in [2.45, 2.75) is 20.8 Å². The van der Waals surface area contributed by atoms with Crippen LogP contribution in [0.1, 0.15) is 23.9 Å². The molecule has 150 valence electrons. The summed E-state index contributed by atoms with van der Waals surface area (Å²) >= 11 is 5.89. The lowest BCUT2D eigenvalue weighted by Gasteiger charge is -2.24. The number of barbiturate groups is 1. The Labute approximate surface area is 170 Å². The molecule has 0 saturated carbocycles. The van der Waals surface area contributed by atoms with Crippen molar-refractivity contribution < 1.29 is 19.3 Å². The summed E-state index contributed by atoms with van der Waals surface area (Å²) < 4.78 is 1.75. The number of hydrogen-bond donors (Lipinski definition) is 1. The molecule has 1 saturated heterocycles. The van der Waals surface area contributed by atoms with E-state index in [0.717, 1.165) is 10.6 Å². The van der Waals surface area contributed by atoms with E-state index in [1.54, 1.807) is 37.5 Å². The van der Waals surface area contributed by atoms with Crippen molar-refractivity contribution in [2.75, 3.05) is 6.54 Å². The van der Waals surface area contributed by atoms with Gasteiger partial charge in [0, 0.05) is 24.0 Å². The SMILES string of the molecule is CCN1C(=O)NC(=O)/C(=C\c2cc(C)n(-c3ccc(Cl)c([N+](=O)[O-])c3)c2C)C1=O. The molecule has 2 heterocycles. The zero-order chi connectivity index (χ0) is 21.5. The maximum atomic E-state index is 12.5. The van der Waals surface area contributed by atoms with E-state index in [0.29, 0.717) is 16.9 Å². The zero-order valence-corrected chi connectivity index (χ0v) is 16.6. The van der Waals surface area contributed by atoms with E-state index in [2.05, 4.69) is 5.32 Å². The fraction of sp³-hybridized carbons (Fsp3) is 0.211. The predicted octanol–water partition coefficient (Wildman–Crippen LogP) is 3.14. The minimum absolute atomic E-state index is 0.0253. The summed E-state index contributed by atoms with van der Waals surface area (Å²) in [6.45, 7) is 5.31. The first kappa shape index (κ1) is 20.3. The van der Waals surface area contributed by atoms with Gasteiger partial charge in [0.05, 0.1) is 10.6 Å². The number of urea groups is 1. The number of nitrogens with zero attached hydrogens (tertiary/aromatic N) is 3. The normalized spacial score (nSPS) is 15.8. The number of carbonyl (C=O) groups excluding carboxylic acids is 3. The predicted molar refractivity (Wildman–Crippen MR) is 106 cm³/mol. The number of nitro groups is 1. The molecule has 29 heavy (non-hydrogen) atoms. The molecular formula is C19H17ClN4O5. The number of aromatic nitrogens is 1. The van der Waals surface area contributed by atoms with Gasteiger partial charge in [0.25, 0.3) is 17.5 Å². The number of aryl methyl sites for hydroxylation is 1. The molecule has 9 nitrogen and oxygen atoms in total. The number of carbonyl (C=O) groups is 3. The van der Waals surface area contributed by atoms with Crippen LogP contribution in [-0.2, 0) is 9.59 Å². The van der Waals surface area contributed by atoms with Crippen LogP contribution in [0.4, 0.5) is 10.5 Å². The van der Waals surface area contributed by atoms with Gasteiger partial charge in [-0.25, -0.2) is 4.79 Å². The van der Waals surface area contributed by atoms with Crippen LogP contribution < -0.4 is 5.32 Å². The fourth-order valence-electron chi connectivity index (χ4n) is 3.25. The van der Waals surface area contributed by atoms with E-state index in [9.17, 15) is 24.5 Å². The van der Waals surface area contributed by atoms with Gasteiger partial charge in [0.2, 0.25) is 0 Å². The summed E-state index contributed by atoms with van der Waals surface area (Å²) in [5.41, 5.74) is 2.10. The molecule has 3 rings (SSSR count). The number of amides is 4. The van der Waals surface area contributed by atoms with E-state index in [1.165, 1.54) is 18.2 Å². The number of rotatable bonds is 4. The Hall–Kier alpha value is -3.46. The molecule has 0 radical (unpaired) electrons. The van der Waals surface area contributed by atoms with Crippen LogP contribution in [0.3, 0.4) is 0 Å². The molecule has 4 amide bonds. The zero-order valence-electron chi connectivity index (χ0n) is 15.9. The van der Waals surface area contributed by atoms with Crippen LogP contribution in [0.15, 0.2) is 29.8 Å². The monoisotopic (exact) mass is 416 g/mol. The second-order valence-corrected chi connectivity index (χ2v) is 6.83. The molecule has 10 heteroatoms. The van der Waals surface area contributed by atoms with Gasteiger partial charge in [-0.2, -0.15) is 0 Å². The lowest BCUT2D eigenvalue weighted by atomic mass is 10.1. The Bertz CT molecular complexity index is 1100. The highest BCUT2D eigenvalue weighted by atomic mass is 35.5. The van der Waals surface area contributed by atoms with Crippen LogP contribution in [0.25, 0.3) is 11.8 Å². The minimum Gasteiger partial charge on any atom is -0.318 e. The second kappa shape index (κ2) is 7.51. The molecule has 1 fully saturated rings. The lowest BCUT2D eigenvalue weighted by Crippen LogP contribution is -2.53.